The van der Waals surface area contributed by atoms with E-state index in [-0.39, 0.29) is 5.97 Å². The third kappa shape index (κ3) is 4.63. The van der Waals surface area contributed by atoms with E-state index in [0.29, 0.717) is 42.4 Å². The number of esters is 1. The SMILES string of the molecule is CCOCCn1c(=NC(=O)c2cc(C)n(C)n2)sc2cc(C(=O)OCC)ccc21. The third-order valence-corrected chi connectivity index (χ3v) is 5.43. The van der Waals surface area contributed by atoms with Crippen molar-refractivity contribution in [2.45, 2.75) is 27.3 Å². The molecular weight excluding hydrogens is 392 g/mol. The fraction of sp³-hybridized carbons (Fsp3) is 0.400. The fourth-order valence-electron chi connectivity index (χ4n) is 2.83. The maximum absolute atomic E-state index is 12.6. The van der Waals surface area contributed by atoms with Crippen LogP contribution in [0.15, 0.2) is 29.3 Å². The summed E-state index contributed by atoms with van der Waals surface area (Å²) in [5.41, 5.74) is 2.52. The van der Waals surface area contributed by atoms with Crippen molar-refractivity contribution in [2.24, 2.45) is 12.0 Å². The van der Waals surface area contributed by atoms with Crippen molar-refractivity contribution in [1.82, 2.24) is 14.3 Å². The van der Waals surface area contributed by atoms with Crippen molar-refractivity contribution >= 4 is 33.4 Å². The normalized spacial score (nSPS) is 11.9. The number of hydrogen-bond acceptors (Lipinski definition) is 6. The second-order valence-corrected chi connectivity index (χ2v) is 7.36. The van der Waals surface area contributed by atoms with E-state index in [1.165, 1.54) is 11.3 Å². The van der Waals surface area contributed by atoms with Crippen molar-refractivity contribution in [1.29, 1.82) is 0 Å². The van der Waals surface area contributed by atoms with Crippen LogP contribution in [-0.4, -0.2) is 46.0 Å². The number of thiazole rings is 1. The molecular formula is C20H24N4O4S. The van der Waals surface area contributed by atoms with Gasteiger partial charge in [0.25, 0.3) is 5.91 Å². The van der Waals surface area contributed by atoms with Gasteiger partial charge in [-0.25, -0.2) is 4.79 Å². The number of amides is 1. The summed E-state index contributed by atoms with van der Waals surface area (Å²) in [6.07, 6.45) is 0. The third-order valence-electron chi connectivity index (χ3n) is 4.39. The fourth-order valence-corrected chi connectivity index (χ4v) is 3.92. The zero-order valence-electron chi connectivity index (χ0n) is 17.0. The zero-order chi connectivity index (χ0) is 21.0. The number of aromatic nitrogens is 3. The predicted molar refractivity (Wildman–Crippen MR) is 110 cm³/mol. The van der Waals surface area contributed by atoms with E-state index < -0.39 is 5.91 Å². The van der Waals surface area contributed by atoms with Gasteiger partial charge in [-0.15, -0.1) is 0 Å². The number of nitrogens with zero attached hydrogens (tertiary/aromatic N) is 4. The first-order chi connectivity index (χ1) is 13.9. The molecule has 0 aliphatic rings. The number of carbonyl (C=O) groups excluding carboxylic acids is 2. The van der Waals surface area contributed by atoms with Gasteiger partial charge in [-0.2, -0.15) is 10.1 Å². The number of carbonyl (C=O) groups is 2. The molecule has 29 heavy (non-hydrogen) atoms. The van der Waals surface area contributed by atoms with Crippen LogP contribution >= 0.6 is 11.3 Å². The van der Waals surface area contributed by atoms with Crippen LogP contribution in [0.3, 0.4) is 0 Å². The van der Waals surface area contributed by atoms with E-state index in [4.69, 9.17) is 9.47 Å². The van der Waals surface area contributed by atoms with Gasteiger partial charge in [0.2, 0.25) is 0 Å². The molecule has 3 rings (SSSR count). The minimum absolute atomic E-state index is 0.297. The minimum atomic E-state index is -0.406. The van der Waals surface area contributed by atoms with Crippen molar-refractivity contribution in [3.63, 3.8) is 0 Å². The highest BCUT2D eigenvalue weighted by molar-refractivity contribution is 7.16. The van der Waals surface area contributed by atoms with Crippen molar-refractivity contribution in [2.75, 3.05) is 19.8 Å². The number of fused-ring (bicyclic) bond motifs is 1. The molecule has 0 radical (unpaired) electrons. The smallest absolute Gasteiger partial charge is 0.338 e. The van der Waals surface area contributed by atoms with Crippen LogP contribution in [0.5, 0.6) is 0 Å². The Labute approximate surface area is 172 Å². The highest BCUT2D eigenvalue weighted by Crippen LogP contribution is 2.20. The first kappa shape index (κ1) is 20.9. The van der Waals surface area contributed by atoms with Gasteiger partial charge in [0, 0.05) is 25.9 Å². The Hall–Kier alpha value is -2.78. The Morgan fingerprint density at radius 2 is 2.00 bits per heavy atom. The zero-order valence-corrected chi connectivity index (χ0v) is 17.8. The topological polar surface area (TPSA) is 87.7 Å². The lowest BCUT2D eigenvalue weighted by Crippen LogP contribution is -2.20. The van der Waals surface area contributed by atoms with Crippen LogP contribution < -0.4 is 4.80 Å². The summed E-state index contributed by atoms with van der Waals surface area (Å²) in [5.74, 6) is -0.779. The van der Waals surface area contributed by atoms with E-state index in [0.717, 1.165) is 15.9 Å². The van der Waals surface area contributed by atoms with Crippen LogP contribution in [0.4, 0.5) is 0 Å². The highest BCUT2D eigenvalue weighted by Gasteiger charge is 2.14. The standard InChI is InChI=1S/C20H24N4O4S/c1-5-27-10-9-24-16-8-7-14(19(26)28-6-2)12-17(16)29-20(24)21-18(25)15-11-13(3)23(4)22-15/h7-8,11-12H,5-6,9-10H2,1-4H3. The number of benzene rings is 1. The van der Waals surface area contributed by atoms with Gasteiger partial charge < -0.3 is 14.0 Å². The van der Waals surface area contributed by atoms with Crippen molar-refractivity contribution in [3.8, 4) is 0 Å². The maximum atomic E-state index is 12.6. The molecule has 154 valence electrons. The van der Waals surface area contributed by atoms with E-state index >= 15 is 0 Å². The van der Waals surface area contributed by atoms with E-state index in [1.54, 1.807) is 36.9 Å². The number of rotatable bonds is 7. The minimum Gasteiger partial charge on any atom is -0.462 e. The summed E-state index contributed by atoms with van der Waals surface area (Å²) < 4.78 is 15.0. The summed E-state index contributed by atoms with van der Waals surface area (Å²) in [4.78, 5) is 29.5. The lowest BCUT2D eigenvalue weighted by atomic mass is 10.2. The van der Waals surface area contributed by atoms with Gasteiger partial charge in [0.05, 0.1) is 29.0 Å². The number of hydrogen-bond donors (Lipinski definition) is 0. The van der Waals surface area contributed by atoms with Crippen molar-refractivity contribution in [3.05, 3.63) is 46.0 Å². The molecule has 1 amide bonds. The van der Waals surface area contributed by atoms with Gasteiger partial charge >= 0.3 is 5.97 Å². The second kappa shape index (κ2) is 9.15. The largest absolute Gasteiger partial charge is 0.462 e. The predicted octanol–water partition coefficient (Wildman–Crippen LogP) is 2.70. The molecule has 0 fully saturated rings. The molecule has 0 spiro atoms. The summed E-state index contributed by atoms with van der Waals surface area (Å²) in [6, 6.07) is 7.04. The molecule has 8 nitrogen and oxygen atoms in total. The van der Waals surface area contributed by atoms with Crippen molar-refractivity contribution < 1.29 is 19.1 Å². The quantitative estimate of drug-likeness (QED) is 0.437. The Balaban J connectivity index is 2.06. The molecule has 2 aromatic heterocycles. The molecule has 0 N–H and O–H groups in total. The highest BCUT2D eigenvalue weighted by atomic mass is 32.1. The van der Waals surface area contributed by atoms with Crippen LogP contribution in [0, 0.1) is 6.92 Å². The molecule has 0 aliphatic carbocycles. The molecule has 3 aromatic rings. The van der Waals surface area contributed by atoms with Gasteiger partial charge in [0.15, 0.2) is 10.5 Å². The molecule has 0 saturated carbocycles. The average Bonchev–Trinajstić information content (AvgIpc) is 3.21. The first-order valence-corrected chi connectivity index (χ1v) is 10.2. The van der Waals surface area contributed by atoms with Crippen LogP contribution in [0.1, 0.15) is 40.4 Å². The Kier molecular flexibility index (Phi) is 6.60. The molecule has 1 aromatic carbocycles. The number of ether oxygens (including phenoxy) is 2. The van der Waals surface area contributed by atoms with E-state index in [9.17, 15) is 9.59 Å². The Bertz CT molecular complexity index is 1090. The average molecular weight is 417 g/mol. The summed E-state index contributed by atoms with van der Waals surface area (Å²) >= 11 is 1.34. The van der Waals surface area contributed by atoms with Crippen LogP contribution in [0.2, 0.25) is 0 Å². The Morgan fingerprint density at radius 1 is 1.21 bits per heavy atom. The molecule has 0 aliphatic heterocycles. The first-order valence-electron chi connectivity index (χ1n) is 9.42. The van der Waals surface area contributed by atoms with Gasteiger partial charge in [-0.3, -0.25) is 9.48 Å². The molecule has 9 heteroatoms. The molecule has 0 saturated heterocycles. The van der Waals surface area contributed by atoms with Crippen LogP contribution in [-0.2, 0) is 23.1 Å². The van der Waals surface area contributed by atoms with Gasteiger partial charge in [0.1, 0.15) is 0 Å². The lowest BCUT2D eigenvalue weighted by Gasteiger charge is -2.06. The maximum Gasteiger partial charge on any atom is 0.338 e. The molecule has 0 atom stereocenters. The molecule has 2 heterocycles. The van der Waals surface area contributed by atoms with Crippen LogP contribution in [0.25, 0.3) is 10.2 Å². The molecule has 0 bridgehead atoms. The van der Waals surface area contributed by atoms with E-state index in [2.05, 4.69) is 10.1 Å². The number of aryl methyl sites for hydroxylation is 2. The van der Waals surface area contributed by atoms with Gasteiger partial charge in [-0.1, -0.05) is 11.3 Å². The van der Waals surface area contributed by atoms with E-state index in [1.807, 2.05) is 24.5 Å². The monoisotopic (exact) mass is 416 g/mol. The second-order valence-electron chi connectivity index (χ2n) is 6.35. The Morgan fingerprint density at radius 3 is 2.66 bits per heavy atom. The summed E-state index contributed by atoms with van der Waals surface area (Å²) in [6.45, 7) is 7.53. The van der Waals surface area contributed by atoms with Gasteiger partial charge in [-0.05, 0) is 45.0 Å². The summed E-state index contributed by atoms with van der Waals surface area (Å²) in [5, 5.41) is 4.21. The summed E-state index contributed by atoms with van der Waals surface area (Å²) in [7, 11) is 1.78. The lowest BCUT2D eigenvalue weighted by molar-refractivity contribution is 0.0526. The molecule has 0 unspecified atom stereocenters.